The zero-order valence-corrected chi connectivity index (χ0v) is 9.19. The van der Waals surface area contributed by atoms with Crippen LogP contribution in [-0.2, 0) is 30.9 Å². The number of halogens is 3. The van der Waals surface area contributed by atoms with Crippen LogP contribution in [0, 0.1) is 0 Å². The number of rotatable bonds is 0. The van der Waals surface area contributed by atoms with Gasteiger partial charge in [0.2, 0.25) is 0 Å². The van der Waals surface area contributed by atoms with Crippen LogP contribution in [0.25, 0.3) is 5.41 Å². The molecule has 8 heavy (non-hydrogen) atoms. The van der Waals surface area contributed by atoms with Crippen molar-refractivity contribution in [3.8, 4) is 0 Å². The van der Waals surface area contributed by atoms with Crippen molar-refractivity contribution in [2.45, 2.75) is 3.69 Å². The van der Waals surface area contributed by atoms with E-state index in [1.54, 1.807) is 0 Å². The molecule has 2 nitrogen and oxygen atoms in total. The fourth-order valence-corrected chi connectivity index (χ4v) is 0. The van der Waals surface area contributed by atoms with Gasteiger partial charge in [0.15, 0.2) is 0 Å². The molecule has 0 spiro atoms. The van der Waals surface area contributed by atoms with E-state index >= 15 is 0 Å². The zero-order valence-electron chi connectivity index (χ0n) is 3.70. The monoisotopic (exact) mass is 313 g/mol. The molecule has 0 aliphatic carbocycles. The average molecular weight is 312 g/mol. The van der Waals surface area contributed by atoms with Gasteiger partial charge in [0.05, 0.1) is 0 Å². The zero-order chi connectivity index (χ0) is 7.21. The standard InChI is InChI=1S/CF3.CNO.Hg/c2-1(3)4;2-1-3;/q;-1;+1. The van der Waals surface area contributed by atoms with Gasteiger partial charge in [-0.1, -0.05) is 0 Å². The van der Waals surface area contributed by atoms with Gasteiger partial charge in [-0.15, -0.1) is 0 Å². The van der Waals surface area contributed by atoms with Crippen LogP contribution < -0.4 is 0 Å². The van der Waals surface area contributed by atoms with E-state index in [9.17, 15) is 13.2 Å². The van der Waals surface area contributed by atoms with E-state index in [4.69, 9.17) is 10.2 Å². The fourth-order valence-electron chi connectivity index (χ4n) is 0. The molecule has 0 saturated carbocycles. The Hall–Kier alpha value is 0.105. The minimum absolute atomic E-state index is 0.500. The van der Waals surface area contributed by atoms with E-state index in [-0.39, 0.29) is 0 Å². The van der Waals surface area contributed by atoms with Gasteiger partial charge in [0, 0.05) is 0 Å². The van der Waals surface area contributed by atoms with Crippen LogP contribution >= 0.6 is 0 Å². The fraction of sp³-hybridized carbons (Fsp3) is 0.500. The predicted octanol–water partition coefficient (Wildman–Crippen LogP) is 0.945. The first-order chi connectivity index (χ1) is 3.41. The normalized spacial score (nSPS) is 8.62. The molecule has 0 bridgehead atoms. The van der Waals surface area contributed by atoms with Gasteiger partial charge in [-0.3, -0.25) is 4.79 Å². The van der Waals surface area contributed by atoms with E-state index in [0.29, 0.717) is 6.08 Å². The minimum Gasteiger partial charge on any atom is -0.724 e. The SMILES string of the molecule is F[C](F)(F)[Hg+].[N-]=C=O. The van der Waals surface area contributed by atoms with Crippen LogP contribution in [0.3, 0.4) is 0 Å². The molecule has 42 valence electrons. The van der Waals surface area contributed by atoms with Gasteiger partial charge in [-0.25, -0.2) is 0 Å². The van der Waals surface area contributed by atoms with Gasteiger partial charge >= 0.3 is 43.0 Å². The molecule has 6 heteroatoms. The smallest absolute Gasteiger partial charge is 0.0159 e. The maximum atomic E-state index is 10.4. The second-order valence-electron chi connectivity index (χ2n) is 0.706. The Kier molecular flexibility index (Phi) is 7.20. The van der Waals surface area contributed by atoms with E-state index < -0.39 is 29.8 Å². The molecule has 0 heterocycles. The molecule has 0 aromatic carbocycles. The van der Waals surface area contributed by atoms with Crippen molar-refractivity contribution < 1.29 is 44.1 Å². The molecule has 0 aromatic heterocycles. The molecule has 0 rings (SSSR count). The first-order valence-electron chi connectivity index (χ1n) is 1.35. The van der Waals surface area contributed by atoms with Crippen molar-refractivity contribution in [3.05, 3.63) is 5.41 Å². The molecule has 0 aromatic rings. The Bertz CT molecular complexity index is 77.8. The van der Waals surface area contributed by atoms with Crippen molar-refractivity contribution in [2.75, 3.05) is 0 Å². The maximum Gasteiger partial charge on any atom is -0.0159 e. The molecule has 0 atom stereocenters. The van der Waals surface area contributed by atoms with Gasteiger partial charge in [-0.2, -0.15) is 0 Å². The van der Waals surface area contributed by atoms with E-state index in [2.05, 4.69) is 0 Å². The summed E-state index contributed by atoms with van der Waals surface area (Å²) in [6.45, 7) is 0. The average Bonchev–Trinajstić information content (AvgIpc) is 1.27. The molecule has 0 fully saturated rings. The van der Waals surface area contributed by atoms with Gasteiger partial charge in [0.1, 0.15) is 0 Å². The first kappa shape index (κ1) is 11.0. The number of isocyanates is 1. The number of alkyl halides is 3. The molecule has 0 N–H and O–H groups in total. The number of nitrogens with zero attached hydrogens (tertiary/aromatic N) is 1. The minimum atomic E-state index is -3.81. The summed E-state index contributed by atoms with van der Waals surface area (Å²) in [5, 5.41) is 6.76. The number of carbonyl (C=O) groups excluding carboxylic acids is 1. The Balaban J connectivity index is 0. The maximum absolute atomic E-state index is 10.4. The molecular weight excluding hydrogens is 312 g/mol. The predicted molar refractivity (Wildman–Crippen MR) is 15.1 cm³/mol. The van der Waals surface area contributed by atoms with Gasteiger partial charge < -0.3 is 5.41 Å². The van der Waals surface area contributed by atoms with Crippen LogP contribution in [0.1, 0.15) is 0 Å². The van der Waals surface area contributed by atoms with Gasteiger partial charge in [0.25, 0.3) is 0 Å². The molecule has 0 radical (unpaired) electrons. The summed E-state index contributed by atoms with van der Waals surface area (Å²) in [7, 11) is 0. The first-order valence-corrected chi connectivity index (χ1v) is 4.10. The van der Waals surface area contributed by atoms with Gasteiger partial charge in [-0.05, 0) is 6.08 Å². The van der Waals surface area contributed by atoms with Crippen LogP contribution in [0.4, 0.5) is 13.2 Å². The summed E-state index contributed by atoms with van der Waals surface area (Å²) >= 11 is -1.04. The van der Waals surface area contributed by atoms with Crippen LogP contribution in [-0.4, -0.2) is 9.76 Å². The second kappa shape index (κ2) is 5.25. The summed E-state index contributed by atoms with van der Waals surface area (Å²) in [5.74, 6) is 0. The Morgan fingerprint density at radius 3 is 1.50 bits per heavy atom. The summed E-state index contributed by atoms with van der Waals surface area (Å²) in [5.41, 5.74) is 0. The van der Waals surface area contributed by atoms with E-state index in [1.807, 2.05) is 0 Å². The number of hydrogen-bond donors (Lipinski definition) is 0. The molecular formula is C2F3HgNO. The van der Waals surface area contributed by atoms with Crippen LogP contribution in [0.15, 0.2) is 0 Å². The third-order valence-electron chi connectivity index (χ3n) is 0. The Morgan fingerprint density at radius 2 is 1.50 bits per heavy atom. The molecule has 0 unspecified atom stereocenters. The summed E-state index contributed by atoms with van der Waals surface area (Å²) < 4.78 is 27.5. The molecule has 0 aliphatic rings. The van der Waals surface area contributed by atoms with E-state index in [0.717, 1.165) is 0 Å². The van der Waals surface area contributed by atoms with Crippen LogP contribution in [0.5, 0.6) is 0 Å². The van der Waals surface area contributed by atoms with Crippen molar-refractivity contribution >= 4 is 6.08 Å². The summed E-state index contributed by atoms with van der Waals surface area (Å²) in [6.07, 6.45) is 0.500. The van der Waals surface area contributed by atoms with E-state index in [1.165, 1.54) is 0 Å². The largest absolute Gasteiger partial charge is 0.724 e. The molecule has 0 aliphatic heterocycles. The third kappa shape index (κ3) is 14400. The van der Waals surface area contributed by atoms with Crippen molar-refractivity contribution in [1.29, 1.82) is 0 Å². The third-order valence-corrected chi connectivity index (χ3v) is 0. The number of hydrogen-bond acceptors (Lipinski definition) is 1. The summed E-state index contributed by atoms with van der Waals surface area (Å²) in [6, 6.07) is 0. The van der Waals surface area contributed by atoms with Crippen molar-refractivity contribution in [1.82, 2.24) is 0 Å². The Morgan fingerprint density at radius 1 is 1.50 bits per heavy atom. The molecule has 0 amide bonds. The topological polar surface area (TPSA) is 39.4 Å². The van der Waals surface area contributed by atoms with Crippen LogP contribution in [0.2, 0.25) is 0 Å². The second-order valence-corrected chi connectivity index (χ2v) is 3.82. The molecule has 0 saturated heterocycles. The quantitative estimate of drug-likeness (QED) is 0.373. The Labute approximate surface area is 59.5 Å². The van der Waals surface area contributed by atoms with Crippen molar-refractivity contribution in [3.63, 3.8) is 0 Å². The summed E-state index contributed by atoms with van der Waals surface area (Å²) in [4.78, 5) is 8.24. The van der Waals surface area contributed by atoms with Crippen molar-refractivity contribution in [2.24, 2.45) is 0 Å².